The van der Waals surface area contributed by atoms with Crippen molar-refractivity contribution in [1.29, 1.82) is 0 Å². The van der Waals surface area contributed by atoms with Crippen molar-refractivity contribution in [3.05, 3.63) is 24.3 Å². The fourth-order valence-electron chi connectivity index (χ4n) is 1.89. The number of nitrogens with two attached hydrogens (primary N) is 1. The molecule has 0 radical (unpaired) electrons. The molecule has 7 heteroatoms. The molecule has 6 nitrogen and oxygen atoms in total. The summed E-state index contributed by atoms with van der Waals surface area (Å²) in [4.78, 5) is 0.267. The molecule has 4 N–H and O–H groups in total. The Labute approximate surface area is 127 Å². The van der Waals surface area contributed by atoms with Gasteiger partial charge in [-0.05, 0) is 43.7 Å². The van der Waals surface area contributed by atoms with Gasteiger partial charge in [0.2, 0.25) is 10.0 Å². The molecule has 0 bridgehead atoms. The van der Waals surface area contributed by atoms with Gasteiger partial charge in [0.1, 0.15) is 0 Å². The van der Waals surface area contributed by atoms with Crippen molar-refractivity contribution >= 4 is 15.7 Å². The topological polar surface area (TPSA) is 93.5 Å². The van der Waals surface area contributed by atoms with Crippen LogP contribution in [0.5, 0.6) is 0 Å². The molecule has 0 aliphatic rings. The van der Waals surface area contributed by atoms with E-state index in [0.29, 0.717) is 19.7 Å². The van der Waals surface area contributed by atoms with Gasteiger partial charge in [0.25, 0.3) is 0 Å². The van der Waals surface area contributed by atoms with Crippen molar-refractivity contribution in [3.8, 4) is 0 Å². The van der Waals surface area contributed by atoms with Crippen LogP contribution >= 0.6 is 0 Å². The van der Waals surface area contributed by atoms with Crippen LogP contribution in [0.15, 0.2) is 29.2 Å². The molecular formula is C14H25N3O3S. The Kier molecular flexibility index (Phi) is 7.66. The zero-order valence-corrected chi connectivity index (χ0v) is 13.4. The number of sulfonamides is 1. The third-order valence-electron chi connectivity index (χ3n) is 2.96. The van der Waals surface area contributed by atoms with Crippen LogP contribution in [0.3, 0.4) is 0 Å². The van der Waals surface area contributed by atoms with Gasteiger partial charge in [-0.2, -0.15) is 0 Å². The third kappa shape index (κ3) is 6.01. The second kappa shape index (κ2) is 8.99. The Morgan fingerprint density at radius 1 is 1.29 bits per heavy atom. The van der Waals surface area contributed by atoms with Gasteiger partial charge in [-0.15, -0.1) is 0 Å². The number of benzene rings is 1. The second-order valence-corrected chi connectivity index (χ2v) is 6.56. The summed E-state index contributed by atoms with van der Waals surface area (Å²) >= 11 is 0. The molecule has 0 aliphatic carbocycles. The van der Waals surface area contributed by atoms with E-state index in [1.807, 2.05) is 6.92 Å². The summed E-state index contributed by atoms with van der Waals surface area (Å²) in [6.07, 6.45) is 1.54. The van der Waals surface area contributed by atoms with Crippen LogP contribution in [0.2, 0.25) is 0 Å². The maximum Gasteiger partial charge on any atom is 0.240 e. The van der Waals surface area contributed by atoms with Crippen molar-refractivity contribution in [1.82, 2.24) is 4.72 Å². The van der Waals surface area contributed by atoms with Crippen molar-refractivity contribution in [2.45, 2.75) is 30.7 Å². The van der Waals surface area contributed by atoms with Crippen LogP contribution in [0.1, 0.15) is 19.8 Å². The van der Waals surface area contributed by atoms with Crippen molar-refractivity contribution in [2.24, 2.45) is 5.73 Å². The van der Waals surface area contributed by atoms with Gasteiger partial charge in [0.05, 0.1) is 17.5 Å². The first kappa shape index (κ1) is 17.9. The fraction of sp³-hybridized carbons (Fsp3) is 0.571. The molecule has 0 heterocycles. The highest BCUT2D eigenvalue weighted by molar-refractivity contribution is 7.89. The summed E-state index contributed by atoms with van der Waals surface area (Å²) in [5, 5.41) is 3.28. The van der Waals surface area contributed by atoms with Crippen molar-refractivity contribution < 1.29 is 13.2 Å². The Morgan fingerprint density at radius 3 is 2.48 bits per heavy atom. The van der Waals surface area contributed by atoms with E-state index in [0.717, 1.165) is 18.5 Å². The van der Waals surface area contributed by atoms with E-state index in [1.54, 1.807) is 31.4 Å². The van der Waals surface area contributed by atoms with Crippen LogP contribution in [-0.4, -0.2) is 41.3 Å². The van der Waals surface area contributed by atoms with Crippen LogP contribution in [0.4, 0.5) is 5.69 Å². The number of nitrogens with one attached hydrogen (secondary N) is 2. The fourth-order valence-corrected chi connectivity index (χ4v) is 3.02. The highest BCUT2D eigenvalue weighted by atomic mass is 32.2. The second-order valence-electron chi connectivity index (χ2n) is 4.80. The predicted octanol–water partition coefficient (Wildman–Crippen LogP) is 1.15. The van der Waals surface area contributed by atoms with Gasteiger partial charge in [0.15, 0.2) is 0 Å². The Balaban J connectivity index is 2.73. The molecule has 1 rings (SSSR count). The lowest BCUT2D eigenvalue weighted by Gasteiger charge is -2.18. The lowest BCUT2D eigenvalue weighted by molar-refractivity contribution is 0.183. The normalized spacial score (nSPS) is 13.1. The van der Waals surface area contributed by atoms with Crippen LogP contribution < -0.4 is 15.8 Å². The van der Waals surface area contributed by atoms with Gasteiger partial charge in [-0.25, -0.2) is 13.1 Å². The first-order chi connectivity index (χ1) is 10.0. The van der Waals surface area contributed by atoms with Crippen molar-refractivity contribution in [3.63, 3.8) is 0 Å². The third-order valence-corrected chi connectivity index (χ3v) is 4.44. The largest absolute Gasteiger partial charge is 0.383 e. The summed E-state index contributed by atoms with van der Waals surface area (Å²) < 4.78 is 31.6. The predicted molar refractivity (Wildman–Crippen MR) is 84.9 cm³/mol. The number of rotatable bonds is 10. The minimum atomic E-state index is -3.41. The standard InChI is InChI=1S/C14H25N3O3S/c1-3-10-16-21(18,19)14-6-4-12(5-7-14)17-13(8-9-15)11-20-2/h4-7,13,16-17H,3,8-11,15H2,1-2H3. The number of hydrogen-bond donors (Lipinski definition) is 3. The highest BCUT2D eigenvalue weighted by Gasteiger charge is 2.13. The Morgan fingerprint density at radius 2 is 1.95 bits per heavy atom. The number of hydrogen-bond acceptors (Lipinski definition) is 5. The first-order valence-electron chi connectivity index (χ1n) is 7.08. The van der Waals surface area contributed by atoms with Gasteiger partial charge in [0, 0.05) is 19.3 Å². The monoisotopic (exact) mass is 315 g/mol. The summed E-state index contributed by atoms with van der Waals surface area (Å²) in [5.74, 6) is 0. The first-order valence-corrected chi connectivity index (χ1v) is 8.57. The lowest BCUT2D eigenvalue weighted by atomic mass is 10.2. The van der Waals surface area contributed by atoms with E-state index in [1.165, 1.54) is 0 Å². The molecule has 1 unspecified atom stereocenters. The Bertz CT molecular complexity index is 497. The van der Waals surface area contributed by atoms with Crippen LogP contribution in [-0.2, 0) is 14.8 Å². The molecular weight excluding hydrogens is 290 g/mol. The molecule has 0 aromatic heterocycles. The molecule has 0 spiro atoms. The molecule has 1 aromatic rings. The average Bonchev–Trinajstić information content (AvgIpc) is 2.46. The minimum absolute atomic E-state index is 0.112. The summed E-state index contributed by atoms with van der Waals surface area (Å²) in [6.45, 7) is 3.47. The smallest absolute Gasteiger partial charge is 0.240 e. The number of anilines is 1. The van der Waals surface area contributed by atoms with E-state index in [2.05, 4.69) is 10.0 Å². The van der Waals surface area contributed by atoms with Crippen molar-refractivity contribution in [2.75, 3.05) is 32.1 Å². The zero-order valence-electron chi connectivity index (χ0n) is 12.6. The Hall–Kier alpha value is -1.15. The molecule has 0 amide bonds. The minimum Gasteiger partial charge on any atom is -0.383 e. The van der Waals surface area contributed by atoms with Gasteiger partial charge in [-0.1, -0.05) is 6.92 Å². The van der Waals surface area contributed by atoms with E-state index in [9.17, 15) is 8.42 Å². The summed E-state index contributed by atoms with van der Waals surface area (Å²) in [7, 11) is -1.77. The maximum atomic E-state index is 12.0. The molecule has 1 atom stereocenters. The van der Waals surface area contributed by atoms with Gasteiger partial charge in [-0.3, -0.25) is 0 Å². The molecule has 0 aliphatic heterocycles. The van der Waals surface area contributed by atoms with E-state index < -0.39 is 10.0 Å². The zero-order chi connectivity index (χ0) is 15.7. The van der Waals surface area contributed by atoms with E-state index in [-0.39, 0.29) is 10.9 Å². The number of ether oxygens (including phenoxy) is 1. The highest BCUT2D eigenvalue weighted by Crippen LogP contribution is 2.15. The van der Waals surface area contributed by atoms with Crippen LogP contribution in [0.25, 0.3) is 0 Å². The van der Waals surface area contributed by atoms with E-state index >= 15 is 0 Å². The molecule has 0 fully saturated rings. The molecule has 0 saturated carbocycles. The lowest BCUT2D eigenvalue weighted by Crippen LogP contribution is -2.28. The van der Waals surface area contributed by atoms with Gasteiger partial charge < -0.3 is 15.8 Å². The number of methoxy groups -OCH3 is 1. The summed E-state index contributed by atoms with van der Waals surface area (Å²) in [5.41, 5.74) is 6.41. The van der Waals surface area contributed by atoms with Crippen LogP contribution in [0, 0.1) is 0 Å². The average molecular weight is 315 g/mol. The SMILES string of the molecule is CCCNS(=O)(=O)c1ccc(NC(CCN)COC)cc1. The summed E-state index contributed by atoms with van der Waals surface area (Å²) in [6, 6.07) is 6.79. The quantitative estimate of drug-likeness (QED) is 0.602. The van der Waals surface area contributed by atoms with E-state index in [4.69, 9.17) is 10.5 Å². The molecule has 0 saturated heterocycles. The molecule has 21 heavy (non-hydrogen) atoms. The maximum absolute atomic E-state index is 12.0. The molecule has 120 valence electrons. The molecule has 1 aromatic carbocycles. The van der Waals surface area contributed by atoms with Gasteiger partial charge >= 0.3 is 0 Å².